The Morgan fingerprint density at radius 2 is 1.43 bits per heavy atom. The zero-order valence-electron chi connectivity index (χ0n) is 27.8. The van der Waals surface area contributed by atoms with Crippen molar-refractivity contribution >= 4 is 21.8 Å². The van der Waals surface area contributed by atoms with Gasteiger partial charge in [0.05, 0.1) is 5.69 Å². The predicted molar refractivity (Wildman–Crippen MR) is 187 cm³/mol. The second-order valence-electron chi connectivity index (χ2n) is 13.6. The SMILES string of the molecule is Cc1cc(C)n(-c2[c-]c(Oc3[c-]c4c(cc3)c3ccccc3n4-c3cc(C(C)(C)C)ccn3)cc(C(C)(C)c3ccccc3)c2)n1.[Pt+2]. The van der Waals surface area contributed by atoms with Crippen molar-refractivity contribution in [3.05, 3.63) is 143 Å². The maximum Gasteiger partial charge on any atom is 2.00 e. The number of hydrogen-bond donors (Lipinski definition) is 0. The number of aryl methyl sites for hydroxylation is 2. The van der Waals surface area contributed by atoms with E-state index in [-0.39, 0.29) is 31.9 Å². The van der Waals surface area contributed by atoms with Crippen LogP contribution in [0.5, 0.6) is 11.5 Å². The molecule has 0 aliphatic rings. The zero-order valence-corrected chi connectivity index (χ0v) is 30.1. The summed E-state index contributed by atoms with van der Waals surface area (Å²) in [6.07, 6.45) is 1.90. The molecule has 0 fully saturated rings. The number of nitrogens with zero attached hydrogens (tertiary/aromatic N) is 4. The van der Waals surface area contributed by atoms with E-state index in [1.807, 2.05) is 29.9 Å². The Bertz CT molecular complexity index is 2220. The molecule has 3 heterocycles. The van der Waals surface area contributed by atoms with Gasteiger partial charge in [-0.1, -0.05) is 88.7 Å². The van der Waals surface area contributed by atoms with E-state index in [4.69, 9.17) is 14.8 Å². The first-order chi connectivity index (χ1) is 22.0. The first kappa shape index (κ1) is 32.5. The normalized spacial score (nSPS) is 12.0. The molecule has 0 amide bonds. The predicted octanol–water partition coefficient (Wildman–Crippen LogP) is 9.99. The molecule has 238 valence electrons. The van der Waals surface area contributed by atoms with Crippen LogP contribution in [-0.4, -0.2) is 19.3 Å². The van der Waals surface area contributed by atoms with Gasteiger partial charge in [-0.3, -0.25) is 4.68 Å². The van der Waals surface area contributed by atoms with Crippen LogP contribution >= 0.6 is 0 Å². The van der Waals surface area contributed by atoms with Crippen molar-refractivity contribution in [1.82, 2.24) is 19.3 Å². The number of fused-ring (bicyclic) bond motifs is 3. The number of para-hydroxylation sites is 1. The fraction of sp³-hybridized carbons (Fsp3) is 0.220. The first-order valence-corrected chi connectivity index (χ1v) is 15.8. The minimum atomic E-state index is -0.289. The molecule has 0 aliphatic heterocycles. The molecule has 0 saturated heterocycles. The summed E-state index contributed by atoms with van der Waals surface area (Å²) in [6, 6.07) is 40.8. The molecular weight excluding hydrogens is 760 g/mol. The molecule has 0 saturated carbocycles. The van der Waals surface area contributed by atoms with Gasteiger partial charge >= 0.3 is 21.1 Å². The molecular formula is C41H38N4OPt. The Hall–Kier alpha value is -4.47. The number of aromatic nitrogens is 4. The number of pyridine rings is 1. The smallest absolute Gasteiger partial charge is 0.509 e. The van der Waals surface area contributed by atoms with Gasteiger partial charge < -0.3 is 9.30 Å². The summed E-state index contributed by atoms with van der Waals surface area (Å²) in [5.41, 5.74) is 8.07. The number of rotatable bonds is 6. The van der Waals surface area contributed by atoms with Gasteiger partial charge in [-0.25, -0.2) is 4.98 Å². The first-order valence-electron chi connectivity index (χ1n) is 15.8. The van der Waals surface area contributed by atoms with Crippen LogP contribution in [0.3, 0.4) is 0 Å². The van der Waals surface area contributed by atoms with Crippen molar-refractivity contribution in [1.29, 1.82) is 0 Å². The molecule has 0 unspecified atom stereocenters. The van der Waals surface area contributed by atoms with Gasteiger partial charge in [-0.15, -0.1) is 41.3 Å². The van der Waals surface area contributed by atoms with Gasteiger partial charge in [0.15, 0.2) is 0 Å². The van der Waals surface area contributed by atoms with E-state index in [0.717, 1.165) is 50.3 Å². The molecule has 0 aliphatic carbocycles. The Morgan fingerprint density at radius 1 is 0.681 bits per heavy atom. The monoisotopic (exact) mass is 797 g/mol. The van der Waals surface area contributed by atoms with Crippen molar-refractivity contribution in [3.8, 4) is 23.0 Å². The van der Waals surface area contributed by atoms with Crippen LogP contribution in [0.15, 0.2) is 103 Å². The third-order valence-corrected chi connectivity index (χ3v) is 8.90. The van der Waals surface area contributed by atoms with Gasteiger partial charge in [0.25, 0.3) is 0 Å². The second kappa shape index (κ2) is 12.3. The maximum absolute atomic E-state index is 6.65. The van der Waals surface area contributed by atoms with E-state index >= 15 is 0 Å². The fourth-order valence-electron chi connectivity index (χ4n) is 6.25. The van der Waals surface area contributed by atoms with Crippen LogP contribution in [-0.2, 0) is 31.9 Å². The Morgan fingerprint density at radius 3 is 2.15 bits per heavy atom. The molecule has 6 heteroatoms. The summed E-state index contributed by atoms with van der Waals surface area (Å²) in [5.74, 6) is 2.07. The van der Waals surface area contributed by atoms with Crippen LogP contribution in [0.1, 0.15) is 62.7 Å². The van der Waals surface area contributed by atoms with E-state index in [9.17, 15) is 0 Å². The zero-order chi connectivity index (χ0) is 32.2. The standard InChI is InChI=1S/C41H38N4O.Pt/c1-27-21-28(2)45(43-27)32-22-31(41(6,7)29-13-9-8-10-14-29)23-34(25-32)46-33-17-18-36-35-15-11-12-16-37(35)44(38(36)26-33)39-24-30(19-20-42-39)40(3,4)5;/h8-24H,1-7H3;/q-2;+2. The second-order valence-corrected chi connectivity index (χ2v) is 13.6. The molecule has 47 heavy (non-hydrogen) atoms. The quantitative estimate of drug-likeness (QED) is 0.158. The molecule has 0 radical (unpaired) electrons. The number of benzene rings is 4. The summed E-state index contributed by atoms with van der Waals surface area (Å²) in [4.78, 5) is 4.82. The largest absolute Gasteiger partial charge is 2.00 e. The van der Waals surface area contributed by atoms with Gasteiger partial charge in [0.2, 0.25) is 0 Å². The molecule has 0 N–H and O–H groups in total. The van der Waals surface area contributed by atoms with Crippen LogP contribution in [0.4, 0.5) is 0 Å². The number of hydrogen-bond acceptors (Lipinski definition) is 3. The average molecular weight is 798 g/mol. The van der Waals surface area contributed by atoms with Gasteiger partial charge in [-0.05, 0) is 71.1 Å². The molecule has 3 aromatic heterocycles. The molecule has 0 bridgehead atoms. The molecule has 0 spiro atoms. The maximum atomic E-state index is 6.65. The van der Waals surface area contributed by atoms with Crippen molar-refractivity contribution in [3.63, 3.8) is 0 Å². The molecule has 4 aromatic carbocycles. The third-order valence-electron chi connectivity index (χ3n) is 8.90. The van der Waals surface area contributed by atoms with Gasteiger partial charge in [0, 0.05) is 28.9 Å². The summed E-state index contributed by atoms with van der Waals surface area (Å²) in [6.45, 7) is 15.2. The topological polar surface area (TPSA) is 44.9 Å². The third kappa shape index (κ3) is 6.05. The van der Waals surface area contributed by atoms with Gasteiger partial charge in [0.1, 0.15) is 5.82 Å². The minimum absolute atomic E-state index is 0. The van der Waals surface area contributed by atoms with Crippen molar-refractivity contribution in [2.75, 3.05) is 0 Å². The van der Waals surface area contributed by atoms with Crippen molar-refractivity contribution < 1.29 is 25.8 Å². The minimum Gasteiger partial charge on any atom is -0.509 e. The van der Waals surface area contributed by atoms with Crippen LogP contribution in [0.25, 0.3) is 33.3 Å². The fourth-order valence-corrected chi connectivity index (χ4v) is 6.25. The Balaban J connectivity index is 0.00000386. The average Bonchev–Trinajstić information content (AvgIpc) is 3.56. The van der Waals surface area contributed by atoms with Crippen LogP contribution in [0, 0.1) is 26.0 Å². The van der Waals surface area contributed by atoms with Crippen LogP contribution < -0.4 is 4.74 Å². The van der Waals surface area contributed by atoms with Crippen LogP contribution in [0.2, 0.25) is 0 Å². The van der Waals surface area contributed by atoms with Gasteiger partial charge in [-0.2, -0.15) is 11.2 Å². The van der Waals surface area contributed by atoms with E-state index < -0.39 is 0 Å². The summed E-state index contributed by atoms with van der Waals surface area (Å²) in [5, 5.41) is 7.01. The number of ether oxygens (including phenoxy) is 1. The molecule has 7 rings (SSSR count). The van der Waals surface area contributed by atoms with E-state index in [1.165, 1.54) is 11.1 Å². The van der Waals surface area contributed by atoms with Crippen molar-refractivity contribution in [2.24, 2.45) is 0 Å². The summed E-state index contributed by atoms with van der Waals surface area (Å²) >= 11 is 0. The Kier molecular flexibility index (Phi) is 8.48. The van der Waals surface area contributed by atoms with E-state index in [2.05, 4.69) is 143 Å². The molecule has 5 nitrogen and oxygen atoms in total. The summed E-state index contributed by atoms with van der Waals surface area (Å²) in [7, 11) is 0. The molecule has 0 atom stereocenters. The molecule has 7 aromatic rings. The van der Waals surface area contributed by atoms with E-state index in [0.29, 0.717) is 11.5 Å². The van der Waals surface area contributed by atoms with Crippen molar-refractivity contribution in [2.45, 2.75) is 59.3 Å². The van der Waals surface area contributed by atoms with E-state index in [1.54, 1.807) is 0 Å². The summed E-state index contributed by atoms with van der Waals surface area (Å²) < 4.78 is 10.8. The Labute approximate surface area is 291 Å².